The molecule has 5 rings (SSSR count). The largest absolute Gasteiger partial charge is 0.375 e. The third-order valence-corrected chi connectivity index (χ3v) is 7.22. The monoisotopic (exact) mass is 553 g/mol. The van der Waals surface area contributed by atoms with Crippen molar-refractivity contribution in [1.29, 1.82) is 0 Å². The summed E-state index contributed by atoms with van der Waals surface area (Å²) in [4.78, 5) is 32.9. The second-order valence-electron chi connectivity index (χ2n) is 9.93. The van der Waals surface area contributed by atoms with Crippen LogP contribution < -0.4 is 20.5 Å². The van der Waals surface area contributed by atoms with Crippen molar-refractivity contribution in [2.24, 2.45) is 14.1 Å². The van der Waals surface area contributed by atoms with Gasteiger partial charge in [0.2, 0.25) is 16.0 Å². The zero-order valence-corrected chi connectivity index (χ0v) is 22.9. The first kappa shape index (κ1) is 26.4. The van der Waals surface area contributed by atoms with Gasteiger partial charge in [-0.2, -0.15) is 5.10 Å². The first-order chi connectivity index (χ1) is 18.3. The molecule has 3 heterocycles. The van der Waals surface area contributed by atoms with Crippen LogP contribution in [0, 0.1) is 12.7 Å². The minimum absolute atomic E-state index is 0.0849. The Morgan fingerprint density at radius 3 is 2.56 bits per heavy atom. The van der Waals surface area contributed by atoms with Crippen molar-refractivity contribution in [3.8, 4) is 0 Å². The Hall–Kier alpha value is -4.26. The Morgan fingerprint density at radius 2 is 1.85 bits per heavy atom. The van der Waals surface area contributed by atoms with Crippen LogP contribution in [0.25, 0.3) is 10.9 Å². The second-order valence-corrected chi connectivity index (χ2v) is 11.7. The van der Waals surface area contributed by atoms with Gasteiger partial charge in [0.05, 0.1) is 28.9 Å². The zero-order valence-electron chi connectivity index (χ0n) is 22.1. The number of fused-ring (bicyclic) bond motifs is 2. The van der Waals surface area contributed by atoms with Crippen molar-refractivity contribution in [2.75, 3.05) is 16.5 Å². The number of amides is 1. The van der Waals surface area contributed by atoms with Crippen molar-refractivity contribution in [2.45, 2.75) is 33.0 Å². The molecule has 204 valence electrons. The van der Waals surface area contributed by atoms with Gasteiger partial charge in [0.25, 0.3) is 11.5 Å². The molecule has 0 bridgehead atoms. The molecule has 1 atom stereocenters. The lowest BCUT2D eigenvalue weighted by atomic mass is 10.0. The summed E-state index contributed by atoms with van der Waals surface area (Å²) in [6.45, 7) is 4.64. The van der Waals surface area contributed by atoms with Gasteiger partial charge in [0.15, 0.2) is 5.69 Å². The normalized spacial score (nSPS) is 13.9. The fourth-order valence-electron chi connectivity index (χ4n) is 4.95. The summed E-state index contributed by atoms with van der Waals surface area (Å²) >= 11 is 0. The van der Waals surface area contributed by atoms with Gasteiger partial charge in [-0.05, 0) is 48.7 Å². The summed E-state index contributed by atoms with van der Waals surface area (Å²) in [7, 11) is -0.503. The van der Waals surface area contributed by atoms with E-state index in [1.54, 1.807) is 32.4 Å². The number of rotatable bonds is 6. The van der Waals surface area contributed by atoms with Crippen LogP contribution >= 0.6 is 0 Å². The van der Waals surface area contributed by atoms with Gasteiger partial charge in [-0.25, -0.2) is 22.5 Å². The average molecular weight is 554 g/mol. The van der Waals surface area contributed by atoms with E-state index in [2.05, 4.69) is 10.4 Å². The number of aromatic nitrogens is 4. The molecule has 11 nitrogen and oxygen atoms in total. The highest BCUT2D eigenvalue weighted by molar-refractivity contribution is 7.89. The topological polar surface area (TPSA) is 131 Å². The van der Waals surface area contributed by atoms with E-state index in [-0.39, 0.29) is 17.1 Å². The van der Waals surface area contributed by atoms with Crippen LogP contribution in [-0.4, -0.2) is 39.9 Å². The molecule has 1 amide bonds. The van der Waals surface area contributed by atoms with Gasteiger partial charge in [-0.15, -0.1) is 0 Å². The smallest absolute Gasteiger partial charge is 0.287 e. The lowest BCUT2D eigenvalue weighted by Crippen LogP contribution is -2.30. The molecule has 2 aromatic carbocycles. The number of hydrogen-bond acceptors (Lipinski definition) is 8. The van der Waals surface area contributed by atoms with Crippen molar-refractivity contribution >= 4 is 38.5 Å². The number of aryl methyl sites for hydroxylation is 2. The maximum Gasteiger partial charge on any atom is 0.287 e. The lowest BCUT2D eigenvalue weighted by Gasteiger charge is -2.22. The molecular weight excluding hydrogens is 525 g/mol. The van der Waals surface area contributed by atoms with Crippen LogP contribution in [-0.2, 0) is 37.2 Å². The Labute approximate surface area is 224 Å². The highest BCUT2D eigenvalue weighted by atomic mass is 32.2. The Balaban J connectivity index is 1.55. The fraction of sp³-hybridized carbons (Fsp3) is 0.308. The molecule has 2 N–H and O–H groups in total. The SMILES string of the molecule is Cc1cc(C(C)Nc2cn(C)nc2C(=O)NS(C)(=O)=O)c2nc(N3Cc4ccc(F)cc4C3)n(C)c(=O)c2c1. The number of nitrogens with one attached hydrogen (secondary N) is 2. The van der Waals surface area contributed by atoms with E-state index in [9.17, 15) is 22.4 Å². The number of hydrogen-bond donors (Lipinski definition) is 2. The number of carbonyl (C=O) groups is 1. The summed E-state index contributed by atoms with van der Waals surface area (Å²) in [5, 5.41) is 7.79. The third-order valence-electron chi connectivity index (χ3n) is 6.66. The molecule has 0 aliphatic carbocycles. The summed E-state index contributed by atoms with van der Waals surface area (Å²) in [6.07, 6.45) is 2.46. The van der Waals surface area contributed by atoms with Gasteiger partial charge in [-0.3, -0.25) is 18.8 Å². The Bertz CT molecular complexity index is 1810. The highest BCUT2D eigenvalue weighted by Crippen LogP contribution is 2.31. The predicted octanol–water partition coefficient (Wildman–Crippen LogP) is 2.50. The van der Waals surface area contributed by atoms with Gasteiger partial charge in [-0.1, -0.05) is 12.1 Å². The molecule has 1 aliphatic rings. The minimum Gasteiger partial charge on any atom is -0.375 e. The Kier molecular flexibility index (Phi) is 6.41. The van der Waals surface area contributed by atoms with Gasteiger partial charge < -0.3 is 10.2 Å². The summed E-state index contributed by atoms with van der Waals surface area (Å²) in [5.41, 5.74) is 3.89. The van der Waals surface area contributed by atoms with E-state index in [0.29, 0.717) is 41.2 Å². The van der Waals surface area contributed by atoms with E-state index >= 15 is 0 Å². The summed E-state index contributed by atoms with van der Waals surface area (Å²) < 4.78 is 41.8. The van der Waals surface area contributed by atoms with Crippen molar-refractivity contribution in [1.82, 2.24) is 24.1 Å². The molecule has 0 saturated heterocycles. The average Bonchev–Trinajstić information content (AvgIpc) is 3.42. The molecule has 0 saturated carbocycles. The quantitative estimate of drug-likeness (QED) is 0.372. The maximum atomic E-state index is 13.8. The van der Waals surface area contributed by atoms with Crippen molar-refractivity contribution < 1.29 is 17.6 Å². The summed E-state index contributed by atoms with van der Waals surface area (Å²) in [5.74, 6) is -0.717. The van der Waals surface area contributed by atoms with Gasteiger partial charge in [0, 0.05) is 38.9 Å². The first-order valence-corrected chi connectivity index (χ1v) is 14.1. The molecule has 0 radical (unpaired) electrons. The van der Waals surface area contributed by atoms with Crippen molar-refractivity contribution in [3.63, 3.8) is 0 Å². The van der Waals surface area contributed by atoms with Crippen molar-refractivity contribution in [3.05, 3.63) is 80.6 Å². The molecular formula is C26H28FN7O4S. The molecule has 1 aliphatic heterocycles. The zero-order chi connectivity index (χ0) is 28.2. The van der Waals surface area contributed by atoms with Crippen LogP contribution in [0.5, 0.6) is 0 Å². The fourth-order valence-corrected chi connectivity index (χ4v) is 5.38. The third kappa shape index (κ3) is 5.09. The first-order valence-electron chi connectivity index (χ1n) is 12.2. The summed E-state index contributed by atoms with van der Waals surface area (Å²) in [6, 6.07) is 7.92. The molecule has 2 aromatic heterocycles. The van der Waals surface area contributed by atoms with Gasteiger partial charge in [0.1, 0.15) is 5.82 Å². The number of anilines is 2. The predicted molar refractivity (Wildman–Crippen MR) is 146 cm³/mol. The molecule has 4 aromatic rings. The van der Waals surface area contributed by atoms with E-state index in [1.165, 1.54) is 21.4 Å². The number of nitrogens with zero attached hydrogens (tertiary/aromatic N) is 5. The molecule has 0 fully saturated rings. The van der Waals surface area contributed by atoms with E-state index in [1.807, 2.05) is 29.5 Å². The maximum absolute atomic E-state index is 13.8. The molecule has 1 unspecified atom stereocenters. The molecule has 0 spiro atoms. The standard InChI is InChI=1S/C26H28FN7O4S/c1-14-8-19(15(2)28-21-13-32(3)30-23(21)24(35)31-39(5,37)38)22-20(9-14)25(36)33(4)26(29-22)34-11-16-6-7-18(27)10-17(16)12-34/h6-10,13,15,28H,11-12H2,1-5H3,(H,31,35). The van der Waals surface area contributed by atoms with E-state index < -0.39 is 22.0 Å². The highest BCUT2D eigenvalue weighted by Gasteiger charge is 2.26. The van der Waals surface area contributed by atoms with Gasteiger partial charge >= 0.3 is 0 Å². The number of benzene rings is 2. The molecule has 13 heteroatoms. The minimum atomic E-state index is -3.79. The van der Waals surface area contributed by atoms with Crippen LogP contribution in [0.4, 0.5) is 16.0 Å². The van der Waals surface area contributed by atoms with E-state index in [0.717, 1.165) is 22.9 Å². The van der Waals surface area contributed by atoms with Crippen LogP contribution in [0.3, 0.4) is 0 Å². The van der Waals surface area contributed by atoms with Crippen LogP contribution in [0.2, 0.25) is 0 Å². The Morgan fingerprint density at radius 1 is 1.13 bits per heavy atom. The second kappa shape index (κ2) is 9.49. The lowest BCUT2D eigenvalue weighted by molar-refractivity contribution is 0.0977. The number of sulfonamides is 1. The van der Waals surface area contributed by atoms with Crippen LogP contribution in [0.1, 0.15) is 45.7 Å². The number of carbonyl (C=O) groups excluding carboxylic acids is 1. The number of halogens is 1. The molecule has 39 heavy (non-hydrogen) atoms. The van der Waals surface area contributed by atoms with Crippen LogP contribution in [0.15, 0.2) is 41.3 Å². The van der Waals surface area contributed by atoms with E-state index in [4.69, 9.17) is 4.98 Å².